The van der Waals surface area contributed by atoms with Crippen LogP contribution in [-0.4, -0.2) is 68.2 Å². The van der Waals surface area contributed by atoms with Crippen LogP contribution in [0.2, 0.25) is 18.1 Å². The zero-order valence-electron chi connectivity index (χ0n) is 27.0. The lowest BCUT2D eigenvalue weighted by atomic mass is 9.98. The largest absolute Gasteiger partial charge is 0.416 e. The van der Waals surface area contributed by atoms with Crippen LogP contribution in [0.4, 0.5) is 19.0 Å². The van der Waals surface area contributed by atoms with E-state index in [0.29, 0.717) is 43.2 Å². The number of alkyl halides is 3. The van der Waals surface area contributed by atoms with E-state index in [1.807, 2.05) is 6.07 Å². The average Bonchev–Trinajstić information content (AvgIpc) is 3.33. The van der Waals surface area contributed by atoms with Gasteiger partial charge in [0, 0.05) is 26.1 Å². The molecule has 0 aliphatic carbocycles. The molecule has 0 radical (unpaired) electrons. The van der Waals surface area contributed by atoms with Gasteiger partial charge >= 0.3 is 6.18 Å². The van der Waals surface area contributed by atoms with E-state index < -0.39 is 20.1 Å². The molecule has 0 bridgehead atoms. The molecule has 3 aromatic rings. The number of anilines is 1. The monoisotopic (exact) mass is 760 g/mol. The number of hydrogen-bond acceptors (Lipinski definition) is 7. The van der Waals surface area contributed by atoms with Crippen molar-refractivity contribution in [3.63, 3.8) is 0 Å². The first-order valence-corrected chi connectivity index (χ1v) is 19.6. The molecule has 2 aliphatic heterocycles. The summed E-state index contributed by atoms with van der Waals surface area (Å²) in [7, 11) is -2.14. The molecule has 248 valence electrons. The van der Waals surface area contributed by atoms with E-state index in [0.717, 1.165) is 47.0 Å². The number of aromatic nitrogens is 3. The Labute approximate surface area is 278 Å². The first-order chi connectivity index (χ1) is 21.1. The molecule has 2 saturated heterocycles. The second-order valence-electron chi connectivity index (χ2n) is 13.5. The summed E-state index contributed by atoms with van der Waals surface area (Å²) in [6, 6.07) is 6.36. The van der Waals surface area contributed by atoms with E-state index in [4.69, 9.17) is 28.7 Å². The lowest BCUT2D eigenvalue weighted by molar-refractivity contribution is -0.180. The molecule has 0 spiro atoms. The molecule has 2 fully saturated rings. The molecule has 2 unspecified atom stereocenters. The topological polar surface area (TPSA) is 70.4 Å². The van der Waals surface area contributed by atoms with Gasteiger partial charge < -0.3 is 23.5 Å². The number of nitrogens with zero attached hydrogens (tertiary/aromatic N) is 4. The smallest absolute Gasteiger partial charge is 0.411 e. The van der Waals surface area contributed by atoms with Crippen molar-refractivity contribution in [3.05, 3.63) is 55.9 Å². The molecule has 0 N–H and O–H groups in total. The number of rotatable bonds is 9. The second-order valence-corrected chi connectivity index (χ2v) is 19.4. The first kappa shape index (κ1) is 34.5. The van der Waals surface area contributed by atoms with Crippen molar-refractivity contribution >= 4 is 42.4 Å². The summed E-state index contributed by atoms with van der Waals surface area (Å²) in [4.78, 5) is 7.14. The molecule has 0 saturated carbocycles. The van der Waals surface area contributed by atoms with Gasteiger partial charge in [0.25, 0.3) is 0 Å². The summed E-state index contributed by atoms with van der Waals surface area (Å²) in [6.45, 7) is 15.6. The fourth-order valence-corrected chi connectivity index (χ4v) is 6.98. The molecule has 5 rings (SSSR count). The van der Waals surface area contributed by atoms with Gasteiger partial charge in [-0.25, -0.2) is 9.50 Å². The maximum atomic E-state index is 13.8. The molecule has 0 amide bonds. The maximum absolute atomic E-state index is 13.8. The van der Waals surface area contributed by atoms with Crippen molar-refractivity contribution in [2.24, 2.45) is 0 Å². The number of benzene rings is 1. The second kappa shape index (κ2) is 13.8. The minimum atomic E-state index is -4.44. The Hall–Kier alpha value is -1.78. The SMILES string of the molecule is Cc1c(Cc2c(CO[Si](C)(C)C(C)(C)C)nc3c(I)cc(N4CCOC(COC5CCCCO5)C4)nn23)cccc1C(F)(F)F. The summed E-state index contributed by atoms with van der Waals surface area (Å²) in [5.74, 6) is 0.755. The van der Waals surface area contributed by atoms with Crippen molar-refractivity contribution in [3.8, 4) is 0 Å². The van der Waals surface area contributed by atoms with Gasteiger partial charge in [-0.2, -0.15) is 13.2 Å². The van der Waals surface area contributed by atoms with Crippen LogP contribution >= 0.6 is 22.6 Å². The maximum Gasteiger partial charge on any atom is 0.416 e. The third kappa shape index (κ3) is 8.03. The highest BCUT2D eigenvalue weighted by atomic mass is 127. The number of ether oxygens (including phenoxy) is 3. The van der Waals surface area contributed by atoms with Crippen LogP contribution in [0.5, 0.6) is 0 Å². The van der Waals surface area contributed by atoms with E-state index >= 15 is 0 Å². The molecule has 4 heterocycles. The molecule has 45 heavy (non-hydrogen) atoms. The average molecular weight is 761 g/mol. The van der Waals surface area contributed by atoms with Crippen LogP contribution in [0, 0.1) is 10.5 Å². The predicted molar refractivity (Wildman–Crippen MR) is 178 cm³/mol. The van der Waals surface area contributed by atoms with E-state index in [-0.39, 0.29) is 36.0 Å². The normalized spacial score (nSPS) is 20.3. The Morgan fingerprint density at radius 1 is 1.11 bits per heavy atom. The predicted octanol–water partition coefficient (Wildman–Crippen LogP) is 7.52. The van der Waals surface area contributed by atoms with Crippen molar-refractivity contribution in [2.75, 3.05) is 37.8 Å². The fourth-order valence-electron chi connectivity index (χ4n) is 5.42. The van der Waals surface area contributed by atoms with Gasteiger partial charge in [0.15, 0.2) is 26.1 Å². The van der Waals surface area contributed by atoms with Crippen molar-refractivity contribution in [2.45, 2.75) is 96.7 Å². The Balaban J connectivity index is 1.48. The molecule has 13 heteroatoms. The molecule has 1 aromatic carbocycles. The summed E-state index contributed by atoms with van der Waals surface area (Å²) in [5, 5.41) is 5.03. The lowest BCUT2D eigenvalue weighted by Crippen LogP contribution is -2.45. The van der Waals surface area contributed by atoms with Gasteiger partial charge in [0.2, 0.25) is 0 Å². The Morgan fingerprint density at radius 3 is 2.58 bits per heavy atom. The fraction of sp³-hybridized carbons (Fsp3) is 0.625. The Kier molecular flexibility index (Phi) is 10.6. The minimum Gasteiger partial charge on any atom is -0.411 e. The van der Waals surface area contributed by atoms with Crippen molar-refractivity contribution < 1.29 is 31.8 Å². The molecule has 2 aromatic heterocycles. The number of hydrogen-bond donors (Lipinski definition) is 0. The minimum absolute atomic E-state index is 0.0104. The summed E-state index contributed by atoms with van der Waals surface area (Å²) in [5.41, 5.74) is 2.25. The Bertz CT molecular complexity index is 1490. The molecule has 2 aliphatic rings. The van der Waals surface area contributed by atoms with Crippen LogP contribution in [0.25, 0.3) is 5.65 Å². The summed E-state index contributed by atoms with van der Waals surface area (Å²) in [6.07, 6.45) is -1.47. The highest BCUT2D eigenvalue weighted by Crippen LogP contribution is 2.38. The molecule has 8 nitrogen and oxygen atoms in total. The van der Waals surface area contributed by atoms with E-state index in [1.54, 1.807) is 10.6 Å². The standard InChI is InChI=1S/C32H44F3IN4O4Si/c1-21-22(10-9-11-24(21)32(33,34)35)16-27-26(20-44-45(5,6)31(2,3)4)37-30-25(36)17-28(38-40(27)30)39-13-15-41-23(18-39)19-43-29-12-7-8-14-42-29/h9-11,17,23,29H,7-8,12-16,18-20H2,1-6H3. The number of fused-ring (bicyclic) bond motifs is 1. The Morgan fingerprint density at radius 2 is 1.89 bits per heavy atom. The van der Waals surface area contributed by atoms with Crippen LogP contribution in [0.3, 0.4) is 0 Å². The van der Waals surface area contributed by atoms with E-state index in [1.165, 1.54) is 13.0 Å². The van der Waals surface area contributed by atoms with Crippen LogP contribution < -0.4 is 4.90 Å². The van der Waals surface area contributed by atoms with Crippen LogP contribution in [0.1, 0.15) is 68.1 Å². The van der Waals surface area contributed by atoms with Crippen molar-refractivity contribution in [1.29, 1.82) is 0 Å². The van der Waals surface area contributed by atoms with Crippen molar-refractivity contribution in [1.82, 2.24) is 14.6 Å². The van der Waals surface area contributed by atoms with Gasteiger partial charge in [-0.15, -0.1) is 5.10 Å². The van der Waals surface area contributed by atoms with Crippen LogP contribution in [0.15, 0.2) is 24.3 Å². The summed E-state index contributed by atoms with van der Waals surface area (Å²) < 4.78 is 68.5. The highest BCUT2D eigenvalue weighted by Gasteiger charge is 2.38. The third-order valence-electron chi connectivity index (χ3n) is 9.26. The zero-order valence-corrected chi connectivity index (χ0v) is 30.1. The van der Waals surface area contributed by atoms with Gasteiger partial charge in [0.1, 0.15) is 0 Å². The van der Waals surface area contributed by atoms with Crippen LogP contribution in [-0.2, 0) is 37.8 Å². The first-order valence-electron chi connectivity index (χ1n) is 15.6. The summed E-state index contributed by atoms with van der Waals surface area (Å²) >= 11 is 2.27. The van der Waals surface area contributed by atoms with Gasteiger partial charge in [-0.3, -0.25) is 0 Å². The highest BCUT2D eigenvalue weighted by molar-refractivity contribution is 14.1. The molecular formula is C32H44F3IN4O4Si. The van der Waals surface area contributed by atoms with E-state index in [9.17, 15) is 13.2 Å². The van der Waals surface area contributed by atoms with E-state index in [2.05, 4.69) is 61.4 Å². The number of halogens is 4. The quantitative estimate of drug-likeness (QED) is 0.165. The number of morpholine rings is 1. The third-order valence-corrected chi connectivity index (χ3v) is 14.5. The molecular weight excluding hydrogens is 716 g/mol. The van der Waals surface area contributed by atoms with Gasteiger partial charge in [-0.05, 0) is 90.2 Å². The van der Waals surface area contributed by atoms with Gasteiger partial charge in [0.05, 0.1) is 46.4 Å². The number of imidazole rings is 1. The molecule has 2 atom stereocenters. The van der Waals surface area contributed by atoms with Gasteiger partial charge in [-0.1, -0.05) is 32.9 Å². The lowest BCUT2D eigenvalue weighted by Gasteiger charge is -2.36. The zero-order chi connectivity index (χ0) is 32.6.